The molecule has 3 heterocycles. The van der Waals surface area contributed by atoms with Crippen LogP contribution < -0.4 is 29.2 Å². The second kappa shape index (κ2) is 13.3. The molecule has 3 aromatic heterocycles. The third kappa shape index (κ3) is 5.95. The summed E-state index contributed by atoms with van der Waals surface area (Å²) >= 11 is 0. The summed E-state index contributed by atoms with van der Waals surface area (Å²) in [7, 11) is 7.18. The van der Waals surface area contributed by atoms with Crippen molar-refractivity contribution in [2.45, 2.75) is 13.2 Å². The van der Waals surface area contributed by atoms with Crippen LogP contribution in [0.15, 0.2) is 71.5 Å². The predicted octanol–water partition coefficient (Wildman–Crippen LogP) is 4.34. The van der Waals surface area contributed by atoms with Crippen LogP contribution in [-0.4, -0.2) is 61.2 Å². The van der Waals surface area contributed by atoms with Gasteiger partial charge < -0.3 is 33.5 Å². The van der Waals surface area contributed by atoms with Gasteiger partial charge >= 0.3 is 5.97 Å². The van der Waals surface area contributed by atoms with Crippen molar-refractivity contribution >= 4 is 16.9 Å². The molecule has 1 N–H and O–H groups in total. The van der Waals surface area contributed by atoms with Crippen LogP contribution in [0.1, 0.15) is 21.9 Å². The maximum atomic E-state index is 14.3. The summed E-state index contributed by atoms with van der Waals surface area (Å²) in [6, 6.07) is 18.5. The van der Waals surface area contributed by atoms with Gasteiger partial charge in [0.25, 0.3) is 5.56 Å². The first-order valence-corrected chi connectivity index (χ1v) is 13.7. The average molecular weight is 614 g/mol. The standard InChI is InChI=1S/C33H31N3O9/c1-40-23-11-7-10-22(16-23)36-30(33(39)44-5)28(19-14-25(41-2)31(43-4)26(15-19)42-3)24-12-13-27(35-29(24)32(36)38)45-18-21-9-6-8-20(17-37)34-21/h6-16,37H,17-18H2,1-5H3. The van der Waals surface area contributed by atoms with E-state index in [1.165, 1.54) is 40.1 Å². The molecular weight excluding hydrogens is 582 g/mol. The summed E-state index contributed by atoms with van der Waals surface area (Å²) in [5.41, 5.74) is 1.56. The van der Waals surface area contributed by atoms with E-state index in [1.54, 1.807) is 66.7 Å². The number of esters is 1. The van der Waals surface area contributed by atoms with E-state index in [0.717, 1.165) is 0 Å². The zero-order valence-electron chi connectivity index (χ0n) is 25.3. The molecule has 232 valence electrons. The Bertz CT molecular complexity index is 1910. The zero-order valence-corrected chi connectivity index (χ0v) is 25.3. The Morgan fingerprint density at radius 1 is 0.822 bits per heavy atom. The van der Waals surface area contributed by atoms with E-state index >= 15 is 0 Å². The molecule has 45 heavy (non-hydrogen) atoms. The van der Waals surface area contributed by atoms with Gasteiger partial charge in [0, 0.05) is 23.1 Å². The second-order valence-electron chi connectivity index (χ2n) is 9.58. The van der Waals surface area contributed by atoms with E-state index in [2.05, 4.69) is 9.97 Å². The van der Waals surface area contributed by atoms with Gasteiger partial charge in [-0.05, 0) is 48.0 Å². The molecule has 0 aliphatic carbocycles. The molecule has 5 aromatic rings. The van der Waals surface area contributed by atoms with E-state index in [4.69, 9.17) is 28.4 Å². The molecule has 0 saturated heterocycles. The number of benzene rings is 2. The first kappa shape index (κ1) is 30.8. The molecular formula is C33H31N3O9. The number of aromatic nitrogens is 3. The monoisotopic (exact) mass is 613 g/mol. The maximum absolute atomic E-state index is 14.3. The minimum absolute atomic E-state index is 0.0174. The number of hydrogen-bond acceptors (Lipinski definition) is 11. The minimum Gasteiger partial charge on any atom is -0.497 e. The van der Waals surface area contributed by atoms with E-state index in [9.17, 15) is 14.7 Å². The molecule has 0 spiro atoms. The summed E-state index contributed by atoms with van der Waals surface area (Å²) in [6.07, 6.45) is 0. The van der Waals surface area contributed by atoms with E-state index < -0.39 is 11.5 Å². The Kier molecular flexibility index (Phi) is 9.14. The molecule has 5 rings (SSSR count). The van der Waals surface area contributed by atoms with Crippen LogP contribution in [0.5, 0.6) is 28.9 Å². The lowest BCUT2D eigenvalue weighted by Crippen LogP contribution is -2.27. The largest absolute Gasteiger partial charge is 0.497 e. The van der Waals surface area contributed by atoms with Gasteiger partial charge in [0.05, 0.1) is 59.2 Å². The molecule has 0 fully saturated rings. The van der Waals surface area contributed by atoms with Gasteiger partial charge in [-0.15, -0.1) is 0 Å². The van der Waals surface area contributed by atoms with E-state index in [-0.39, 0.29) is 30.3 Å². The van der Waals surface area contributed by atoms with Crippen LogP contribution in [-0.2, 0) is 18.0 Å². The van der Waals surface area contributed by atoms with Crippen LogP contribution in [0, 0.1) is 0 Å². The van der Waals surface area contributed by atoms with Crippen molar-refractivity contribution < 1.29 is 38.3 Å². The number of ether oxygens (including phenoxy) is 6. The third-order valence-electron chi connectivity index (χ3n) is 7.04. The molecule has 0 saturated carbocycles. The van der Waals surface area contributed by atoms with Gasteiger partial charge in [-0.1, -0.05) is 12.1 Å². The highest BCUT2D eigenvalue weighted by Crippen LogP contribution is 2.43. The summed E-state index contributed by atoms with van der Waals surface area (Å²) < 4.78 is 34.5. The van der Waals surface area contributed by atoms with Crippen molar-refractivity contribution in [3.8, 4) is 45.7 Å². The van der Waals surface area contributed by atoms with Crippen molar-refractivity contribution in [1.82, 2.24) is 14.5 Å². The lowest BCUT2D eigenvalue weighted by molar-refractivity contribution is 0.0591. The quantitative estimate of drug-likeness (QED) is 0.213. The van der Waals surface area contributed by atoms with Crippen molar-refractivity contribution in [2.24, 2.45) is 0 Å². The Morgan fingerprint density at radius 2 is 1.53 bits per heavy atom. The van der Waals surface area contributed by atoms with Crippen molar-refractivity contribution in [3.63, 3.8) is 0 Å². The number of fused-ring (bicyclic) bond motifs is 1. The van der Waals surface area contributed by atoms with Gasteiger partial charge in [0.1, 0.15) is 23.6 Å². The van der Waals surface area contributed by atoms with Crippen molar-refractivity contribution in [3.05, 3.63) is 94.2 Å². The highest BCUT2D eigenvalue weighted by molar-refractivity contribution is 6.06. The Labute approximate surface area is 258 Å². The number of aliphatic hydroxyl groups excluding tert-OH is 1. The number of nitrogens with zero attached hydrogens (tertiary/aromatic N) is 3. The van der Waals surface area contributed by atoms with E-state index in [1.807, 2.05) is 0 Å². The normalized spacial score (nSPS) is 10.8. The van der Waals surface area contributed by atoms with Crippen LogP contribution >= 0.6 is 0 Å². The number of pyridine rings is 3. The Hall–Kier alpha value is -5.62. The molecule has 0 aliphatic rings. The summed E-state index contributed by atoms with van der Waals surface area (Å²) in [5.74, 6) is 0.861. The lowest BCUT2D eigenvalue weighted by Gasteiger charge is -2.20. The molecule has 0 bridgehead atoms. The number of aliphatic hydroxyl groups is 1. The van der Waals surface area contributed by atoms with Gasteiger partial charge in [-0.2, -0.15) is 0 Å². The molecule has 0 unspecified atom stereocenters. The molecule has 2 aromatic carbocycles. The predicted molar refractivity (Wildman–Crippen MR) is 165 cm³/mol. The maximum Gasteiger partial charge on any atom is 0.355 e. The fourth-order valence-corrected chi connectivity index (χ4v) is 4.98. The highest BCUT2D eigenvalue weighted by atomic mass is 16.5. The smallest absolute Gasteiger partial charge is 0.355 e. The van der Waals surface area contributed by atoms with Gasteiger partial charge in [0.2, 0.25) is 11.6 Å². The first-order chi connectivity index (χ1) is 21.9. The lowest BCUT2D eigenvalue weighted by atomic mass is 9.97. The fourth-order valence-electron chi connectivity index (χ4n) is 4.98. The fraction of sp³-hybridized carbons (Fsp3) is 0.212. The minimum atomic E-state index is -0.768. The second-order valence-corrected chi connectivity index (χ2v) is 9.58. The Morgan fingerprint density at radius 3 is 2.18 bits per heavy atom. The van der Waals surface area contributed by atoms with Gasteiger partial charge in [0.15, 0.2) is 11.5 Å². The van der Waals surface area contributed by atoms with Crippen LogP contribution in [0.3, 0.4) is 0 Å². The van der Waals surface area contributed by atoms with Crippen LogP contribution in [0.25, 0.3) is 27.7 Å². The van der Waals surface area contributed by atoms with Crippen LogP contribution in [0.2, 0.25) is 0 Å². The third-order valence-corrected chi connectivity index (χ3v) is 7.04. The topological polar surface area (TPSA) is 140 Å². The number of rotatable bonds is 11. The van der Waals surface area contributed by atoms with Gasteiger partial charge in [-0.3, -0.25) is 14.3 Å². The number of carbonyl (C=O) groups is 1. The average Bonchev–Trinajstić information content (AvgIpc) is 3.09. The summed E-state index contributed by atoms with van der Waals surface area (Å²) in [4.78, 5) is 36.8. The SMILES string of the molecule is COC(=O)c1c(-c2cc(OC)c(OC)c(OC)c2)c2ccc(OCc3cccc(CO)n3)nc2c(=O)n1-c1cccc(OC)c1. The number of carbonyl (C=O) groups excluding carboxylic acids is 1. The molecule has 0 radical (unpaired) electrons. The Balaban J connectivity index is 1.82. The molecule has 12 nitrogen and oxygen atoms in total. The van der Waals surface area contributed by atoms with Crippen LogP contribution in [0.4, 0.5) is 0 Å². The van der Waals surface area contributed by atoms with Crippen molar-refractivity contribution in [1.29, 1.82) is 0 Å². The number of hydrogen-bond donors (Lipinski definition) is 1. The molecule has 0 amide bonds. The number of methoxy groups -OCH3 is 5. The highest BCUT2D eigenvalue weighted by Gasteiger charge is 2.28. The van der Waals surface area contributed by atoms with Crippen molar-refractivity contribution in [2.75, 3.05) is 35.5 Å². The summed E-state index contributed by atoms with van der Waals surface area (Å²) in [5, 5.41) is 9.78. The van der Waals surface area contributed by atoms with E-state index in [0.29, 0.717) is 56.6 Å². The molecule has 0 atom stereocenters. The summed E-state index contributed by atoms with van der Waals surface area (Å²) in [6.45, 7) is -0.172. The molecule has 0 aliphatic heterocycles. The van der Waals surface area contributed by atoms with Gasteiger partial charge in [-0.25, -0.2) is 9.78 Å². The zero-order chi connectivity index (χ0) is 32.1. The molecule has 12 heteroatoms. The first-order valence-electron chi connectivity index (χ1n) is 13.7.